The molecule has 0 saturated heterocycles. The molecule has 1 aromatic rings. The van der Waals surface area contributed by atoms with E-state index in [-0.39, 0.29) is 0 Å². The Bertz CT molecular complexity index is 694. The molecule has 2 aliphatic heterocycles. The quantitative estimate of drug-likeness (QED) is 0.850. The fourth-order valence-corrected chi connectivity index (χ4v) is 2.43. The molecule has 1 aromatic carbocycles. The first-order valence-corrected chi connectivity index (χ1v) is 6.22. The molecule has 0 amide bonds. The van der Waals surface area contributed by atoms with E-state index >= 15 is 0 Å². The maximum absolute atomic E-state index is 9.23. The largest absolute Gasteiger partial charge is 0.495 e. The molecule has 2 heterocycles. The maximum atomic E-state index is 9.23. The second-order valence-corrected chi connectivity index (χ2v) is 4.56. The number of para-hydroxylation sites is 2. The Morgan fingerprint density at radius 1 is 1.40 bits per heavy atom. The third kappa shape index (κ3) is 1.79. The SMILES string of the molecule is COc1ccccc1N1C=C2C(=CNC(N)=C2C#N)C1. The summed E-state index contributed by atoms with van der Waals surface area (Å²) in [5.41, 5.74) is 9.17. The summed E-state index contributed by atoms with van der Waals surface area (Å²) in [7, 11) is 1.65. The average molecular weight is 266 g/mol. The van der Waals surface area contributed by atoms with Gasteiger partial charge in [-0.05, 0) is 17.7 Å². The van der Waals surface area contributed by atoms with E-state index in [1.807, 2.05) is 36.7 Å². The topological polar surface area (TPSA) is 74.3 Å². The third-order valence-electron chi connectivity index (χ3n) is 3.42. The zero-order valence-corrected chi connectivity index (χ0v) is 11.1. The molecule has 2 aliphatic rings. The number of rotatable bonds is 2. The van der Waals surface area contributed by atoms with Crippen molar-refractivity contribution in [2.75, 3.05) is 18.6 Å². The van der Waals surface area contributed by atoms with E-state index in [4.69, 9.17) is 10.5 Å². The van der Waals surface area contributed by atoms with Gasteiger partial charge in [0.05, 0.1) is 12.8 Å². The number of dihydropyridines is 1. The van der Waals surface area contributed by atoms with E-state index in [0.717, 1.165) is 22.6 Å². The van der Waals surface area contributed by atoms with Crippen molar-refractivity contribution >= 4 is 5.69 Å². The van der Waals surface area contributed by atoms with Gasteiger partial charge in [-0.25, -0.2) is 0 Å². The highest BCUT2D eigenvalue weighted by atomic mass is 16.5. The van der Waals surface area contributed by atoms with E-state index in [2.05, 4.69) is 16.3 Å². The van der Waals surface area contributed by atoms with E-state index in [0.29, 0.717) is 17.9 Å². The van der Waals surface area contributed by atoms with Gasteiger partial charge in [0.15, 0.2) is 0 Å². The van der Waals surface area contributed by atoms with E-state index in [1.54, 1.807) is 7.11 Å². The summed E-state index contributed by atoms with van der Waals surface area (Å²) in [5, 5.41) is 12.2. The minimum absolute atomic E-state index is 0.393. The van der Waals surface area contributed by atoms with Gasteiger partial charge in [-0.15, -0.1) is 0 Å². The standard InChI is InChI=1S/C15H14N4O/c1-20-14-5-3-2-4-13(14)19-8-10-7-18-15(17)11(6-16)12(10)9-19/h2-5,7,9,18H,8,17H2,1H3. The van der Waals surface area contributed by atoms with Gasteiger partial charge >= 0.3 is 0 Å². The number of nitrogens with two attached hydrogens (primary N) is 1. The van der Waals surface area contributed by atoms with Crippen LogP contribution in [-0.2, 0) is 0 Å². The number of methoxy groups -OCH3 is 1. The van der Waals surface area contributed by atoms with Crippen molar-refractivity contribution in [1.29, 1.82) is 5.26 Å². The second kappa shape index (κ2) is 4.67. The Morgan fingerprint density at radius 3 is 2.95 bits per heavy atom. The van der Waals surface area contributed by atoms with Crippen molar-refractivity contribution in [2.45, 2.75) is 0 Å². The molecule has 0 atom stereocenters. The molecule has 0 radical (unpaired) electrons. The monoisotopic (exact) mass is 266 g/mol. The van der Waals surface area contributed by atoms with Gasteiger partial charge in [0, 0.05) is 24.5 Å². The number of ether oxygens (including phenoxy) is 1. The predicted molar refractivity (Wildman–Crippen MR) is 76.5 cm³/mol. The third-order valence-corrected chi connectivity index (χ3v) is 3.42. The predicted octanol–water partition coefficient (Wildman–Crippen LogP) is 1.58. The highest BCUT2D eigenvalue weighted by molar-refractivity contribution is 5.70. The number of allylic oxidation sites excluding steroid dienone is 1. The second-order valence-electron chi connectivity index (χ2n) is 4.56. The van der Waals surface area contributed by atoms with Crippen LogP contribution in [0.5, 0.6) is 5.75 Å². The summed E-state index contributed by atoms with van der Waals surface area (Å²) in [6.07, 6.45) is 3.79. The summed E-state index contributed by atoms with van der Waals surface area (Å²) in [6.45, 7) is 0.682. The number of anilines is 1. The van der Waals surface area contributed by atoms with E-state index in [1.165, 1.54) is 0 Å². The first-order chi connectivity index (χ1) is 9.74. The Balaban J connectivity index is 2.03. The van der Waals surface area contributed by atoms with Crippen LogP contribution >= 0.6 is 0 Å². The normalized spacial score (nSPS) is 16.9. The van der Waals surface area contributed by atoms with Crippen molar-refractivity contribution in [3.63, 3.8) is 0 Å². The molecule has 100 valence electrons. The summed E-state index contributed by atoms with van der Waals surface area (Å²) in [6, 6.07) is 9.94. The smallest absolute Gasteiger partial charge is 0.142 e. The molecule has 3 N–H and O–H groups in total. The average Bonchev–Trinajstić information content (AvgIpc) is 2.91. The summed E-state index contributed by atoms with van der Waals surface area (Å²) < 4.78 is 5.38. The van der Waals surface area contributed by atoms with Crippen molar-refractivity contribution in [2.24, 2.45) is 5.73 Å². The van der Waals surface area contributed by atoms with Crippen LogP contribution in [0.1, 0.15) is 0 Å². The molecular formula is C15H14N4O. The van der Waals surface area contributed by atoms with Crippen molar-refractivity contribution in [3.8, 4) is 11.8 Å². The Kier molecular flexibility index (Phi) is 2.84. The lowest BCUT2D eigenvalue weighted by Gasteiger charge is -2.18. The lowest BCUT2D eigenvalue weighted by molar-refractivity contribution is 0.415. The molecule has 0 aliphatic carbocycles. The van der Waals surface area contributed by atoms with Gasteiger partial charge in [-0.3, -0.25) is 0 Å². The number of hydrogen-bond donors (Lipinski definition) is 2. The van der Waals surface area contributed by atoms with Gasteiger partial charge in [0.25, 0.3) is 0 Å². The Hall–Kier alpha value is -2.87. The molecule has 0 unspecified atom stereocenters. The van der Waals surface area contributed by atoms with Crippen LogP contribution in [0.4, 0.5) is 5.69 Å². The van der Waals surface area contributed by atoms with Crippen molar-refractivity contribution < 1.29 is 4.74 Å². The van der Waals surface area contributed by atoms with E-state index in [9.17, 15) is 5.26 Å². The fraction of sp³-hybridized carbons (Fsp3) is 0.133. The Labute approximate surface area is 117 Å². The number of hydrogen-bond acceptors (Lipinski definition) is 5. The number of nitrogens with zero attached hydrogens (tertiary/aromatic N) is 2. The molecule has 3 rings (SSSR count). The van der Waals surface area contributed by atoms with Crippen LogP contribution in [0.15, 0.2) is 59.2 Å². The van der Waals surface area contributed by atoms with Gasteiger partial charge < -0.3 is 20.7 Å². The number of nitrogens with one attached hydrogen (secondary N) is 1. The van der Waals surface area contributed by atoms with Gasteiger partial charge in [0.1, 0.15) is 23.2 Å². The molecule has 5 nitrogen and oxygen atoms in total. The summed E-state index contributed by atoms with van der Waals surface area (Å²) >= 11 is 0. The molecule has 0 aromatic heterocycles. The lowest BCUT2D eigenvalue weighted by Crippen LogP contribution is -2.22. The molecule has 0 fully saturated rings. The van der Waals surface area contributed by atoms with Gasteiger partial charge in [0.2, 0.25) is 0 Å². The van der Waals surface area contributed by atoms with Crippen LogP contribution in [0.25, 0.3) is 0 Å². The molecule has 0 saturated carbocycles. The number of benzene rings is 1. The molecular weight excluding hydrogens is 252 g/mol. The highest BCUT2D eigenvalue weighted by Gasteiger charge is 2.27. The van der Waals surface area contributed by atoms with Gasteiger partial charge in [-0.2, -0.15) is 5.26 Å². The van der Waals surface area contributed by atoms with Crippen LogP contribution in [0.3, 0.4) is 0 Å². The van der Waals surface area contributed by atoms with Gasteiger partial charge in [-0.1, -0.05) is 12.1 Å². The first-order valence-electron chi connectivity index (χ1n) is 6.22. The molecule has 0 spiro atoms. The van der Waals surface area contributed by atoms with Crippen LogP contribution in [-0.4, -0.2) is 13.7 Å². The summed E-state index contributed by atoms with van der Waals surface area (Å²) in [4.78, 5) is 2.05. The van der Waals surface area contributed by atoms with Crippen LogP contribution < -0.4 is 20.7 Å². The Morgan fingerprint density at radius 2 is 2.20 bits per heavy atom. The minimum atomic E-state index is 0.393. The van der Waals surface area contributed by atoms with Crippen molar-refractivity contribution in [3.05, 3.63) is 59.2 Å². The first kappa shape index (κ1) is 12.2. The zero-order valence-electron chi connectivity index (χ0n) is 11.1. The minimum Gasteiger partial charge on any atom is -0.495 e. The lowest BCUT2D eigenvalue weighted by atomic mass is 10.0. The maximum Gasteiger partial charge on any atom is 0.142 e. The zero-order chi connectivity index (χ0) is 14.1. The molecule has 0 bridgehead atoms. The van der Waals surface area contributed by atoms with Crippen LogP contribution in [0, 0.1) is 11.3 Å². The number of fused-ring (bicyclic) bond motifs is 1. The van der Waals surface area contributed by atoms with Crippen LogP contribution in [0.2, 0.25) is 0 Å². The van der Waals surface area contributed by atoms with Crippen molar-refractivity contribution in [1.82, 2.24) is 5.32 Å². The number of nitriles is 1. The summed E-state index contributed by atoms with van der Waals surface area (Å²) in [5.74, 6) is 1.19. The fourth-order valence-electron chi connectivity index (χ4n) is 2.43. The molecule has 5 heteroatoms. The molecule has 20 heavy (non-hydrogen) atoms. The van der Waals surface area contributed by atoms with E-state index < -0.39 is 0 Å². The highest BCUT2D eigenvalue weighted by Crippen LogP contribution is 2.36.